The van der Waals surface area contributed by atoms with Crippen LogP contribution in [0.15, 0.2) is 24.4 Å². The second-order valence-electron chi connectivity index (χ2n) is 6.15. The molecule has 0 atom stereocenters. The van der Waals surface area contributed by atoms with Gasteiger partial charge in [0.05, 0.1) is 5.56 Å². The number of anilines is 3. The lowest BCUT2D eigenvalue weighted by atomic mass is 10.2. The molecule has 140 valence electrons. The Morgan fingerprint density at radius 1 is 1.00 bits per heavy atom. The summed E-state index contributed by atoms with van der Waals surface area (Å²) >= 11 is 0. The summed E-state index contributed by atoms with van der Waals surface area (Å²) in [6.07, 6.45) is -3.95. The first-order valence-electron chi connectivity index (χ1n) is 7.99. The fourth-order valence-electron chi connectivity index (χ4n) is 2.69. The Labute approximate surface area is 148 Å². The summed E-state index contributed by atoms with van der Waals surface area (Å²) in [5.41, 5.74) is -1.09. The number of hydrogen-bond donors (Lipinski definition) is 0. The van der Waals surface area contributed by atoms with E-state index in [9.17, 15) is 17.6 Å². The summed E-state index contributed by atoms with van der Waals surface area (Å²) in [4.78, 5) is 9.14. The standard InChI is InChI=1S/C16H18F4N6/c1-24(2)13-3-4-14(23-22-13)25-5-7-26(8-6-25)15-12(17)9-11(10-21-15)16(18,19)20/h3-4,9-10H,5-8H2,1-2H3. The molecular weight excluding hydrogens is 352 g/mol. The van der Waals surface area contributed by atoms with Crippen molar-refractivity contribution in [3.05, 3.63) is 35.8 Å². The zero-order valence-corrected chi connectivity index (χ0v) is 14.3. The van der Waals surface area contributed by atoms with Gasteiger partial charge in [-0.25, -0.2) is 9.37 Å². The van der Waals surface area contributed by atoms with Crippen molar-refractivity contribution >= 4 is 17.5 Å². The van der Waals surface area contributed by atoms with Crippen LogP contribution in [0.2, 0.25) is 0 Å². The molecule has 1 fully saturated rings. The van der Waals surface area contributed by atoms with E-state index in [1.54, 1.807) is 4.90 Å². The number of nitrogens with zero attached hydrogens (tertiary/aromatic N) is 6. The Hall–Kier alpha value is -2.65. The van der Waals surface area contributed by atoms with Crippen LogP contribution >= 0.6 is 0 Å². The molecule has 0 bridgehead atoms. The average Bonchev–Trinajstić information content (AvgIpc) is 2.61. The van der Waals surface area contributed by atoms with Gasteiger partial charge in [0.25, 0.3) is 0 Å². The fraction of sp³-hybridized carbons (Fsp3) is 0.438. The quantitative estimate of drug-likeness (QED) is 0.774. The molecule has 0 radical (unpaired) electrons. The largest absolute Gasteiger partial charge is 0.417 e. The summed E-state index contributed by atoms with van der Waals surface area (Å²) in [5.74, 6) is 0.412. The zero-order valence-electron chi connectivity index (χ0n) is 14.3. The van der Waals surface area contributed by atoms with Gasteiger partial charge in [-0.3, -0.25) is 0 Å². The van der Waals surface area contributed by atoms with E-state index in [4.69, 9.17) is 0 Å². The highest BCUT2D eigenvalue weighted by Gasteiger charge is 2.32. The van der Waals surface area contributed by atoms with Gasteiger partial charge in [0.1, 0.15) is 0 Å². The summed E-state index contributed by atoms with van der Waals surface area (Å²) < 4.78 is 51.9. The van der Waals surface area contributed by atoms with Crippen LogP contribution in [0.5, 0.6) is 0 Å². The minimum atomic E-state index is -4.61. The van der Waals surface area contributed by atoms with E-state index in [1.165, 1.54) is 0 Å². The minimum absolute atomic E-state index is 0.0633. The van der Waals surface area contributed by atoms with Gasteiger partial charge in [0.15, 0.2) is 23.3 Å². The number of hydrogen-bond acceptors (Lipinski definition) is 6. The first-order valence-corrected chi connectivity index (χ1v) is 7.99. The highest BCUT2D eigenvalue weighted by molar-refractivity contribution is 5.48. The molecule has 26 heavy (non-hydrogen) atoms. The monoisotopic (exact) mass is 370 g/mol. The summed E-state index contributed by atoms with van der Waals surface area (Å²) in [6.45, 7) is 1.93. The van der Waals surface area contributed by atoms with E-state index in [0.717, 1.165) is 5.82 Å². The van der Waals surface area contributed by atoms with Crippen molar-refractivity contribution in [1.82, 2.24) is 15.2 Å². The molecule has 2 aromatic rings. The molecule has 10 heteroatoms. The first-order chi connectivity index (χ1) is 12.3. The van der Waals surface area contributed by atoms with Gasteiger partial charge >= 0.3 is 6.18 Å². The zero-order chi connectivity index (χ0) is 18.9. The van der Waals surface area contributed by atoms with E-state index in [-0.39, 0.29) is 5.82 Å². The van der Waals surface area contributed by atoms with Crippen molar-refractivity contribution < 1.29 is 17.6 Å². The second-order valence-corrected chi connectivity index (χ2v) is 6.15. The lowest BCUT2D eigenvalue weighted by molar-refractivity contribution is -0.138. The van der Waals surface area contributed by atoms with Gasteiger partial charge < -0.3 is 14.7 Å². The van der Waals surface area contributed by atoms with Crippen LogP contribution in [0.25, 0.3) is 0 Å². The van der Waals surface area contributed by atoms with Gasteiger partial charge in [-0.15, -0.1) is 10.2 Å². The van der Waals surface area contributed by atoms with E-state index in [2.05, 4.69) is 15.2 Å². The van der Waals surface area contributed by atoms with E-state index < -0.39 is 17.6 Å². The average molecular weight is 370 g/mol. The fourth-order valence-corrected chi connectivity index (χ4v) is 2.69. The minimum Gasteiger partial charge on any atom is -0.361 e. The smallest absolute Gasteiger partial charge is 0.361 e. The van der Waals surface area contributed by atoms with Crippen LogP contribution in [0.1, 0.15) is 5.56 Å². The van der Waals surface area contributed by atoms with Crippen molar-refractivity contribution in [1.29, 1.82) is 0 Å². The molecule has 0 spiro atoms. The van der Waals surface area contributed by atoms with Crippen molar-refractivity contribution in [2.24, 2.45) is 0 Å². The lowest BCUT2D eigenvalue weighted by Gasteiger charge is -2.36. The molecule has 0 amide bonds. The Balaban J connectivity index is 1.67. The second kappa shape index (κ2) is 6.93. The maximum atomic E-state index is 14.1. The number of alkyl halides is 3. The van der Waals surface area contributed by atoms with Crippen molar-refractivity contribution in [2.75, 3.05) is 55.0 Å². The lowest BCUT2D eigenvalue weighted by Crippen LogP contribution is -2.47. The predicted molar refractivity (Wildman–Crippen MR) is 90.0 cm³/mol. The number of rotatable bonds is 3. The molecule has 0 aromatic carbocycles. The highest BCUT2D eigenvalue weighted by atomic mass is 19.4. The molecular formula is C16H18F4N6. The van der Waals surface area contributed by atoms with Gasteiger partial charge in [0.2, 0.25) is 0 Å². The third-order valence-corrected chi connectivity index (χ3v) is 4.15. The molecule has 0 unspecified atom stereocenters. The molecule has 1 saturated heterocycles. The van der Waals surface area contributed by atoms with Gasteiger partial charge in [0, 0.05) is 46.5 Å². The first kappa shape index (κ1) is 18.2. The van der Waals surface area contributed by atoms with Crippen LogP contribution in [-0.2, 0) is 6.18 Å². The Bertz CT molecular complexity index is 754. The van der Waals surface area contributed by atoms with Crippen molar-refractivity contribution in [3.8, 4) is 0 Å². The third kappa shape index (κ3) is 3.78. The topological polar surface area (TPSA) is 48.4 Å². The SMILES string of the molecule is CN(C)c1ccc(N2CCN(c3ncc(C(F)(F)F)cc3F)CC2)nn1. The van der Waals surface area contributed by atoms with Crippen LogP contribution in [0.4, 0.5) is 35.0 Å². The number of piperazine rings is 1. The van der Waals surface area contributed by atoms with E-state index >= 15 is 0 Å². The molecule has 3 rings (SSSR count). The number of halogens is 4. The van der Waals surface area contributed by atoms with E-state index in [1.807, 2.05) is 36.0 Å². The van der Waals surface area contributed by atoms with Crippen LogP contribution in [-0.4, -0.2) is 55.5 Å². The van der Waals surface area contributed by atoms with Crippen LogP contribution in [0, 0.1) is 5.82 Å². The number of pyridine rings is 1. The van der Waals surface area contributed by atoms with Crippen LogP contribution in [0.3, 0.4) is 0 Å². The van der Waals surface area contributed by atoms with Gasteiger partial charge in [-0.05, 0) is 18.2 Å². The highest BCUT2D eigenvalue weighted by Crippen LogP contribution is 2.31. The molecule has 0 N–H and O–H groups in total. The predicted octanol–water partition coefficient (Wildman–Crippen LogP) is 2.42. The maximum absolute atomic E-state index is 14.1. The normalized spacial score (nSPS) is 15.3. The molecule has 0 aliphatic carbocycles. The summed E-state index contributed by atoms with van der Waals surface area (Å²) in [7, 11) is 3.74. The van der Waals surface area contributed by atoms with Gasteiger partial charge in [-0.2, -0.15) is 13.2 Å². The summed E-state index contributed by atoms with van der Waals surface area (Å²) in [6, 6.07) is 4.20. The Morgan fingerprint density at radius 2 is 1.65 bits per heavy atom. The van der Waals surface area contributed by atoms with Crippen molar-refractivity contribution in [3.63, 3.8) is 0 Å². The van der Waals surface area contributed by atoms with Crippen molar-refractivity contribution in [2.45, 2.75) is 6.18 Å². The summed E-state index contributed by atoms with van der Waals surface area (Å²) in [5, 5.41) is 8.30. The molecule has 1 aliphatic heterocycles. The Kier molecular flexibility index (Phi) is 4.84. The number of aromatic nitrogens is 3. The van der Waals surface area contributed by atoms with Crippen LogP contribution < -0.4 is 14.7 Å². The maximum Gasteiger partial charge on any atom is 0.417 e. The molecule has 6 nitrogen and oxygen atoms in total. The molecule has 1 aliphatic rings. The molecule has 2 aromatic heterocycles. The van der Waals surface area contributed by atoms with Gasteiger partial charge in [-0.1, -0.05) is 0 Å². The Morgan fingerprint density at radius 3 is 2.15 bits per heavy atom. The molecule has 0 saturated carbocycles. The molecule has 3 heterocycles. The third-order valence-electron chi connectivity index (χ3n) is 4.15. The van der Waals surface area contributed by atoms with E-state index in [0.29, 0.717) is 44.3 Å².